The third-order valence-electron chi connectivity index (χ3n) is 3.77. The van der Waals surface area contributed by atoms with Gasteiger partial charge in [-0.1, -0.05) is 19.9 Å². The molecule has 3 unspecified atom stereocenters. The molecule has 0 radical (unpaired) electrons. The van der Waals surface area contributed by atoms with Crippen molar-refractivity contribution in [3.8, 4) is 0 Å². The summed E-state index contributed by atoms with van der Waals surface area (Å²) >= 11 is 0. The number of carbonyl (C=O) groups is 1. The lowest BCUT2D eigenvalue weighted by Crippen LogP contribution is -2.28. The average molecular weight is 368 g/mol. The van der Waals surface area contributed by atoms with Gasteiger partial charge in [-0.05, 0) is 30.9 Å². The van der Waals surface area contributed by atoms with Gasteiger partial charge in [0.1, 0.15) is 7.85 Å². The Morgan fingerprint density at radius 3 is 2.64 bits per heavy atom. The van der Waals surface area contributed by atoms with Crippen molar-refractivity contribution in [3.05, 3.63) is 39.4 Å². The van der Waals surface area contributed by atoms with E-state index in [1.54, 1.807) is 19.1 Å². The van der Waals surface area contributed by atoms with Crippen LogP contribution in [0.15, 0.2) is 18.2 Å². The molecule has 0 fully saturated rings. The third-order valence-corrected chi connectivity index (χ3v) is 4.39. The number of rotatable bonds is 10. The SMILES string of the molecule is BC(CC(C)C)C(=O)NCc1ccc([N+](=O)[O-])c(C(C)OPOC)c1. The molecule has 1 amide bonds. The number of nitrogens with one attached hydrogen (secondary N) is 1. The predicted octanol–water partition coefficient (Wildman–Crippen LogP) is 2.91. The molecular formula is C16H26BN2O5P. The van der Waals surface area contributed by atoms with Crippen molar-refractivity contribution in [2.75, 3.05) is 7.11 Å². The Labute approximate surface area is 151 Å². The molecule has 0 heterocycles. The number of nitrogens with zero attached hydrogens (tertiary/aromatic N) is 1. The van der Waals surface area contributed by atoms with E-state index in [-0.39, 0.29) is 26.4 Å². The predicted molar refractivity (Wildman–Crippen MR) is 102 cm³/mol. The van der Waals surface area contributed by atoms with E-state index in [0.717, 1.165) is 12.0 Å². The normalized spacial score (nSPS) is 14.0. The average Bonchev–Trinajstić information content (AvgIpc) is 2.56. The van der Waals surface area contributed by atoms with Gasteiger partial charge in [-0.25, -0.2) is 0 Å². The maximum Gasteiger partial charge on any atom is 0.275 e. The van der Waals surface area contributed by atoms with Gasteiger partial charge in [0.05, 0.1) is 16.6 Å². The summed E-state index contributed by atoms with van der Waals surface area (Å²) in [6.07, 6.45) is 0.342. The molecule has 0 aromatic heterocycles. The number of nitro benzene ring substituents is 1. The maximum absolute atomic E-state index is 12.1. The van der Waals surface area contributed by atoms with Gasteiger partial charge in [0.25, 0.3) is 5.69 Å². The van der Waals surface area contributed by atoms with Gasteiger partial charge >= 0.3 is 0 Å². The Hall–Kier alpha value is -1.50. The van der Waals surface area contributed by atoms with Crippen LogP contribution in [0.4, 0.5) is 5.69 Å². The molecule has 138 valence electrons. The lowest BCUT2D eigenvalue weighted by molar-refractivity contribution is -0.386. The first kappa shape index (κ1) is 21.5. The van der Waals surface area contributed by atoms with Gasteiger partial charge in [-0.15, -0.1) is 0 Å². The summed E-state index contributed by atoms with van der Waals surface area (Å²) in [6, 6.07) is 4.81. The Morgan fingerprint density at radius 2 is 2.08 bits per heavy atom. The topological polar surface area (TPSA) is 90.7 Å². The summed E-state index contributed by atoms with van der Waals surface area (Å²) in [5, 5.41) is 14.1. The zero-order valence-electron chi connectivity index (χ0n) is 15.4. The van der Waals surface area contributed by atoms with E-state index in [0.29, 0.717) is 18.0 Å². The second-order valence-corrected chi connectivity index (χ2v) is 7.26. The first-order chi connectivity index (χ1) is 11.8. The van der Waals surface area contributed by atoms with Crippen molar-refractivity contribution in [2.24, 2.45) is 5.92 Å². The van der Waals surface area contributed by atoms with E-state index in [4.69, 9.17) is 9.05 Å². The zero-order valence-corrected chi connectivity index (χ0v) is 16.4. The second-order valence-electron chi connectivity index (χ2n) is 6.45. The fourth-order valence-corrected chi connectivity index (χ4v) is 2.93. The summed E-state index contributed by atoms with van der Waals surface area (Å²) in [7, 11) is 3.21. The molecular weight excluding hydrogens is 342 g/mol. The summed E-state index contributed by atoms with van der Waals surface area (Å²) in [5.41, 5.74) is 1.26. The molecule has 1 aromatic carbocycles. The molecule has 0 aliphatic rings. The number of amides is 1. The molecule has 9 heteroatoms. The van der Waals surface area contributed by atoms with Crippen LogP contribution >= 0.6 is 9.03 Å². The van der Waals surface area contributed by atoms with E-state index in [1.807, 2.05) is 7.85 Å². The molecule has 0 aliphatic heterocycles. The number of nitro groups is 1. The minimum absolute atomic E-state index is 0.00310. The summed E-state index contributed by atoms with van der Waals surface area (Å²) in [4.78, 5) is 22.9. The monoisotopic (exact) mass is 368 g/mol. The molecule has 0 aliphatic carbocycles. The van der Waals surface area contributed by atoms with Gasteiger partial charge in [-0.2, -0.15) is 0 Å². The highest BCUT2D eigenvalue weighted by Gasteiger charge is 2.21. The number of benzene rings is 1. The second kappa shape index (κ2) is 10.5. The number of carbonyl (C=O) groups excluding carboxylic acids is 1. The first-order valence-electron chi connectivity index (χ1n) is 8.24. The molecule has 1 rings (SSSR count). The smallest absolute Gasteiger partial charge is 0.275 e. The van der Waals surface area contributed by atoms with Crippen molar-refractivity contribution < 1.29 is 18.8 Å². The standard InChI is InChI=1S/C16H26BN2O5P/c1-10(2)7-14(17)16(20)18-9-12-5-6-15(19(21)22)13(8-12)11(3)24-25-23-4/h5-6,8,10-11,14,25H,7,9,17H2,1-4H3,(H,18,20). The van der Waals surface area contributed by atoms with Gasteiger partial charge in [0.15, 0.2) is 9.03 Å². The molecule has 1 aromatic rings. The lowest BCUT2D eigenvalue weighted by Gasteiger charge is -2.16. The summed E-state index contributed by atoms with van der Waals surface area (Å²) in [5.74, 6) is 0.368. The number of hydrogen-bond acceptors (Lipinski definition) is 5. The molecule has 0 bridgehead atoms. The molecule has 3 atom stereocenters. The quantitative estimate of drug-likeness (QED) is 0.297. The minimum Gasteiger partial charge on any atom is -0.352 e. The molecule has 0 saturated carbocycles. The highest BCUT2D eigenvalue weighted by molar-refractivity contribution is 7.26. The molecule has 25 heavy (non-hydrogen) atoms. The van der Waals surface area contributed by atoms with Gasteiger partial charge in [0, 0.05) is 25.5 Å². The Balaban J connectivity index is 2.84. The fraction of sp³-hybridized carbons (Fsp3) is 0.562. The Bertz CT molecular complexity index is 600. The van der Waals surface area contributed by atoms with Crippen molar-refractivity contribution in [2.45, 2.75) is 45.7 Å². The Morgan fingerprint density at radius 1 is 1.40 bits per heavy atom. The van der Waals surface area contributed by atoms with Crippen molar-refractivity contribution in [1.29, 1.82) is 0 Å². The van der Waals surface area contributed by atoms with E-state index in [9.17, 15) is 14.9 Å². The van der Waals surface area contributed by atoms with Crippen molar-refractivity contribution in [3.63, 3.8) is 0 Å². The third kappa shape index (κ3) is 7.10. The molecule has 7 nitrogen and oxygen atoms in total. The van der Waals surface area contributed by atoms with Crippen LogP contribution in [0, 0.1) is 16.0 Å². The largest absolute Gasteiger partial charge is 0.352 e. The fourth-order valence-electron chi connectivity index (χ4n) is 2.57. The van der Waals surface area contributed by atoms with Crippen LogP contribution in [0.25, 0.3) is 0 Å². The zero-order chi connectivity index (χ0) is 19.0. The van der Waals surface area contributed by atoms with Crippen molar-refractivity contribution in [1.82, 2.24) is 5.32 Å². The van der Waals surface area contributed by atoms with Crippen molar-refractivity contribution >= 4 is 28.5 Å². The Kier molecular flexibility index (Phi) is 9.04. The van der Waals surface area contributed by atoms with E-state index >= 15 is 0 Å². The summed E-state index contributed by atoms with van der Waals surface area (Å²) in [6.45, 7) is 6.22. The van der Waals surface area contributed by atoms with E-state index < -0.39 is 11.0 Å². The van der Waals surface area contributed by atoms with Crippen LogP contribution in [0.3, 0.4) is 0 Å². The van der Waals surface area contributed by atoms with Gasteiger partial charge in [-0.3, -0.25) is 14.9 Å². The van der Waals surface area contributed by atoms with E-state index in [2.05, 4.69) is 19.2 Å². The van der Waals surface area contributed by atoms with Crippen LogP contribution in [-0.2, 0) is 20.4 Å². The highest BCUT2D eigenvalue weighted by Crippen LogP contribution is 2.33. The van der Waals surface area contributed by atoms with Crippen LogP contribution in [0.1, 0.15) is 44.4 Å². The van der Waals surface area contributed by atoms with Crippen LogP contribution in [0.2, 0.25) is 5.82 Å². The molecule has 1 N–H and O–H groups in total. The molecule has 0 spiro atoms. The van der Waals surface area contributed by atoms with Crippen LogP contribution in [0.5, 0.6) is 0 Å². The summed E-state index contributed by atoms with van der Waals surface area (Å²) < 4.78 is 10.3. The highest BCUT2D eigenvalue weighted by atomic mass is 31.1. The van der Waals surface area contributed by atoms with E-state index in [1.165, 1.54) is 13.2 Å². The number of hydrogen-bond donors (Lipinski definition) is 1. The van der Waals surface area contributed by atoms with Crippen LogP contribution in [-0.4, -0.2) is 25.8 Å². The lowest BCUT2D eigenvalue weighted by atomic mass is 9.80. The van der Waals surface area contributed by atoms with Gasteiger partial charge in [0.2, 0.25) is 5.91 Å². The van der Waals surface area contributed by atoms with Crippen LogP contribution < -0.4 is 5.32 Å². The maximum atomic E-state index is 12.1. The van der Waals surface area contributed by atoms with Gasteiger partial charge < -0.3 is 14.4 Å². The first-order valence-corrected chi connectivity index (χ1v) is 9.06. The molecule has 0 saturated heterocycles. The minimum atomic E-state index is -0.478.